The number of benzene rings is 1. The van der Waals surface area contributed by atoms with Crippen molar-refractivity contribution < 1.29 is 14.3 Å². The van der Waals surface area contributed by atoms with Crippen LogP contribution in [0.5, 0.6) is 5.75 Å². The summed E-state index contributed by atoms with van der Waals surface area (Å²) >= 11 is 0. The third-order valence-electron chi connectivity index (χ3n) is 2.65. The molecule has 0 aromatic heterocycles. The highest BCUT2D eigenvalue weighted by Gasteiger charge is 2.17. The summed E-state index contributed by atoms with van der Waals surface area (Å²) in [4.78, 5) is 24.3. The third-order valence-corrected chi connectivity index (χ3v) is 2.65. The molecule has 0 radical (unpaired) electrons. The molecule has 0 saturated heterocycles. The number of aliphatic imine (C=N–C) groups is 1. The summed E-state index contributed by atoms with van der Waals surface area (Å²) in [5.41, 5.74) is 1.85. The molecule has 1 aromatic carbocycles. The van der Waals surface area contributed by atoms with Gasteiger partial charge in [-0.2, -0.15) is 0 Å². The summed E-state index contributed by atoms with van der Waals surface area (Å²) in [6.45, 7) is 8.05. The van der Waals surface area contributed by atoms with E-state index in [9.17, 15) is 9.59 Å². The molecule has 0 saturated carbocycles. The molecule has 4 nitrogen and oxygen atoms in total. The van der Waals surface area contributed by atoms with Crippen LogP contribution in [0.3, 0.4) is 0 Å². The van der Waals surface area contributed by atoms with Crippen molar-refractivity contribution in [1.29, 1.82) is 0 Å². The second-order valence-electron chi connectivity index (χ2n) is 4.65. The second kappa shape index (κ2) is 6.12. The number of nitrogens with zero attached hydrogens (tertiary/aromatic N) is 1. The SMILES string of the molecule is CC(C)c1cccc(C(C)C)c1OC(=O)N=C=O. The van der Waals surface area contributed by atoms with Crippen LogP contribution in [0.1, 0.15) is 50.7 Å². The van der Waals surface area contributed by atoms with E-state index in [0.29, 0.717) is 5.75 Å². The van der Waals surface area contributed by atoms with Gasteiger partial charge in [0.25, 0.3) is 0 Å². The fraction of sp³-hybridized carbons (Fsp3) is 0.429. The largest absolute Gasteiger partial charge is 0.450 e. The van der Waals surface area contributed by atoms with Crippen LogP contribution < -0.4 is 4.74 Å². The second-order valence-corrected chi connectivity index (χ2v) is 4.65. The summed E-state index contributed by atoms with van der Waals surface area (Å²) in [6.07, 6.45) is 0.255. The minimum Gasteiger partial charge on any atom is -0.408 e. The molecule has 0 aliphatic heterocycles. The monoisotopic (exact) mass is 247 g/mol. The standard InChI is InChI=1S/C14H17NO3/c1-9(2)11-6-5-7-12(10(3)4)13(11)18-14(17)15-8-16/h5-7,9-10H,1-4H3. The van der Waals surface area contributed by atoms with Gasteiger partial charge in [-0.05, 0) is 23.0 Å². The highest BCUT2D eigenvalue weighted by molar-refractivity contribution is 5.77. The van der Waals surface area contributed by atoms with Gasteiger partial charge in [-0.15, -0.1) is 0 Å². The van der Waals surface area contributed by atoms with Crippen molar-refractivity contribution in [2.75, 3.05) is 0 Å². The maximum atomic E-state index is 11.3. The van der Waals surface area contributed by atoms with Crippen molar-refractivity contribution in [2.45, 2.75) is 39.5 Å². The van der Waals surface area contributed by atoms with Crippen molar-refractivity contribution in [2.24, 2.45) is 4.99 Å². The molecule has 1 amide bonds. The first-order valence-corrected chi connectivity index (χ1v) is 5.89. The Hall–Kier alpha value is -1.93. The van der Waals surface area contributed by atoms with E-state index in [4.69, 9.17) is 4.74 Å². The van der Waals surface area contributed by atoms with Gasteiger partial charge >= 0.3 is 6.09 Å². The van der Waals surface area contributed by atoms with Gasteiger partial charge in [-0.25, -0.2) is 9.59 Å². The van der Waals surface area contributed by atoms with Crippen molar-refractivity contribution in [3.8, 4) is 5.75 Å². The van der Waals surface area contributed by atoms with E-state index in [1.807, 2.05) is 45.9 Å². The van der Waals surface area contributed by atoms with Crippen LogP contribution in [0.25, 0.3) is 0 Å². The van der Waals surface area contributed by atoms with Gasteiger partial charge in [0.15, 0.2) is 0 Å². The van der Waals surface area contributed by atoms with Crippen LogP contribution in [-0.4, -0.2) is 12.2 Å². The zero-order valence-electron chi connectivity index (χ0n) is 11.1. The first-order chi connectivity index (χ1) is 8.47. The van der Waals surface area contributed by atoms with Crippen LogP contribution in [0.2, 0.25) is 0 Å². The maximum Gasteiger partial charge on any atom is 0.450 e. The van der Waals surface area contributed by atoms with Gasteiger partial charge in [0.1, 0.15) is 5.75 Å². The van der Waals surface area contributed by atoms with Crippen LogP contribution >= 0.6 is 0 Å². The average Bonchev–Trinajstić information content (AvgIpc) is 2.28. The van der Waals surface area contributed by atoms with E-state index in [-0.39, 0.29) is 11.8 Å². The Bertz CT molecular complexity index is 460. The maximum absolute atomic E-state index is 11.3. The van der Waals surface area contributed by atoms with Gasteiger partial charge < -0.3 is 4.74 Å². The molecule has 1 rings (SSSR count). The molecule has 0 aliphatic rings. The Kier molecular flexibility index (Phi) is 4.81. The van der Waals surface area contributed by atoms with E-state index in [2.05, 4.69) is 4.99 Å². The minimum atomic E-state index is -0.931. The molecule has 96 valence electrons. The van der Waals surface area contributed by atoms with Gasteiger partial charge in [0.2, 0.25) is 6.08 Å². The third kappa shape index (κ3) is 3.28. The number of para-hydroxylation sites is 1. The van der Waals surface area contributed by atoms with E-state index in [1.165, 1.54) is 6.08 Å². The molecule has 4 heteroatoms. The molecule has 0 fully saturated rings. The van der Waals surface area contributed by atoms with E-state index < -0.39 is 6.09 Å². The topological polar surface area (TPSA) is 55.7 Å². The predicted molar refractivity (Wildman–Crippen MR) is 68.8 cm³/mol. The zero-order chi connectivity index (χ0) is 13.7. The molecular weight excluding hydrogens is 230 g/mol. The smallest absolute Gasteiger partial charge is 0.408 e. The van der Waals surface area contributed by atoms with Crippen LogP contribution in [-0.2, 0) is 4.79 Å². The first kappa shape index (κ1) is 14.1. The molecule has 0 atom stereocenters. The molecule has 0 aliphatic carbocycles. The molecule has 1 aromatic rings. The number of ether oxygens (including phenoxy) is 1. The number of isocyanates is 1. The molecule has 0 unspecified atom stereocenters. The molecule has 18 heavy (non-hydrogen) atoms. The van der Waals surface area contributed by atoms with Crippen molar-refractivity contribution >= 4 is 12.2 Å². The number of hydrogen-bond acceptors (Lipinski definition) is 3. The Morgan fingerprint density at radius 2 is 1.67 bits per heavy atom. The van der Waals surface area contributed by atoms with Crippen LogP contribution in [0, 0.1) is 0 Å². The van der Waals surface area contributed by atoms with Crippen molar-refractivity contribution in [1.82, 2.24) is 0 Å². The predicted octanol–water partition coefficient (Wildman–Crippen LogP) is 3.77. The van der Waals surface area contributed by atoms with Crippen molar-refractivity contribution in [3.05, 3.63) is 29.3 Å². The first-order valence-electron chi connectivity index (χ1n) is 5.89. The summed E-state index contributed by atoms with van der Waals surface area (Å²) < 4.78 is 5.17. The lowest BCUT2D eigenvalue weighted by atomic mass is 9.94. The number of hydrogen-bond donors (Lipinski definition) is 0. The number of rotatable bonds is 3. The highest BCUT2D eigenvalue weighted by Crippen LogP contribution is 2.34. The van der Waals surface area contributed by atoms with Crippen LogP contribution in [0.15, 0.2) is 23.2 Å². The fourth-order valence-corrected chi connectivity index (χ4v) is 1.75. The van der Waals surface area contributed by atoms with E-state index in [1.54, 1.807) is 0 Å². The summed E-state index contributed by atoms with van der Waals surface area (Å²) in [5, 5.41) is 0. The lowest BCUT2D eigenvalue weighted by molar-refractivity contribution is 0.210. The van der Waals surface area contributed by atoms with Gasteiger partial charge in [0, 0.05) is 0 Å². The van der Waals surface area contributed by atoms with E-state index >= 15 is 0 Å². The average molecular weight is 247 g/mol. The Morgan fingerprint density at radius 1 is 1.17 bits per heavy atom. The van der Waals surface area contributed by atoms with Gasteiger partial charge in [-0.3, -0.25) is 0 Å². The highest BCUT2D eigenvalue weighted by atomic mass is 16.5. The molecule has 0 heterocycles. The summed E-state index contributed by atoms with van der Waals surface area (Å²) in [7, 11) is 0. The molecule has 0 spiro atoms. The molecule has 0 bridgehead atoms. The van der Waals surface area contributed by atoms with Crippen LogP contribution in [0.4, 0.5) is 4.79 Å². The summed E-state index contributed by atoms with van der Waals surface area (Å²) in [6, 6.07) is 5.75. The number of amides is 1. The van der Waals surface area contributed by atoms with Crippen molar-refractivity contribution in [3.63, 3.8) is 0 Å². The quantitative estimate of drug-likeness (QED) is 0.603. The minimum absolute atomic E-state index is 0.215. The number of carbonyl (C=O) groups excluding carboxylic acids is 2. The lowest BCUT2D eigenvalue weighted by Gasteiger charge is -2.17. The number of carbonyl (C=O) groups is 1. The zero-order valence-corrected chi connectivity index (χ0v) is 11.1. The van der Waals surface area contributed by atoms with E-state index in [0.717, 1.165) is 11.1 Å². The normalized spacial score (nSPS) is 10.3. The molecular formula is C14H17NO3. The fourth-order valence-electron chi connectivity index (χ4n) is 1.75. The Morgan fingerprint density at radius 3 is 2.06 bits per heavy atom. The lowest BCUT2D eigenvalue weighted by Crippen LogP contribution is -2.08. The van der Waals surface area contributed by atoms with Gasteiger partial charge in [-0.1, -0.05) is 50.9 Å². The van der Waals surface area contributed by atoms with Gasteiger partial charge in [0.05, 0.1) is 0 Å². The molecule has 0 N–H and O–H groups in total. The Labute approximate surface area is 107 Å². The summed E-state index contributed by atoms with van der Waals surface area (Å²) in [5.74, 6) is 0.935. The Balaban J connectivity index is 3.26.